The van der Waals surface area contributed by atoms with Crippen LogP contribution in [0.1, 0.15) is 27.0 Å². The number of aliphatic hydroxyl groups excluding tert-OH is 1. The van der Waals surface area contributed by atoms with Crippen LogP contribution in [0.4, 0.5) is 4.39 Å². The molecule has 1 heterocycles. The smallest absolute Gasteiger partial charge is 0.338 e. The van der Waals surface area contributed by atoms with Crippen LogP contribution in [0.25, 0.3) is 10.9 Å². The lowest BCUT2D eigenvalue weighted by atomic mass is 10.1. The van der Waals surface area contributed by atoms with E-state index in [-0.39, 0.29) is 13.2 Å². The maximum absolute atomic E-state index is 14.2. The zero-order valence-electron chi connectivity index (χ0n) is 17.6. The molecule has 0 saturated carbocycles. The molecule has 0 saturated heterocycles. The molecule has 0 unspecified atom stereocenters. The Bertz CT molecular complexity index is 1340. The Kier molecular flexibility index (Phi) is 6.88. The molecule has 0 fully saturated rings. The maximum atomic E-state index is 14.2. The third kappa shape index (κ3) is 4.83. The lowest BCUT2D eigenvalue weighted by molar-refractivity contribution is 0.0603. The molecule has 0 spiro atoms. The summed E-state index contributed by atoms with van der Waals surface area (Å²) < 4.78 is 26.9. The van der Waals surface area contributed by atoms with Crippen LogP contribution < -0.4 is 4.74 Å². The van der Waals surface area contributed by atoms with E-state index >= 15 is 0 Å². The van der Waals surface area contributed by atoms with Crippen molar-refractivity contribution in [3.8, 4) is 5.75 Å². The highest BCUT2D eigenvalue weighted by Crippen LogP contribution is 2.30. The van der Waals surface area contributed by atoms with Crippen LogP contribution in [0.15, 0.2) is 60.8 Å². The Balaban J connectivity index is 1.69. The van der Waals surface area contributed by atoms with Crippen LogP contribution in [-0.4, -0.2) is 22.8 Å². The highest BCUT2D eigenvalue weighted by atomic mass is 35.5. The van der Waals surface area contributed by atoms with Crippen LogP contribution in [0.2, 0.25) is 10.0 Å². The molecule has 0 bridgehead atoms. The SMILES string of the molecule is COC(=O)c1cccc2c1c(CO)cn2Cc1cc(Cl)ccc1OCc1ccc(Cl)cc1F. The number of carbonyl (C=O) groups excluding carboxylic acids is 1. The molecule has 3 aromatic carbocycles. The summed E-state index contributed by atoms with van der Waals surface area (Å²) in [6, 6.07) is 14.9. The van der Waals surface area contributed by atoms with E-state index in [1.807, 2.05) is 10.6 Å². The maximum Gasteiger partial charge on any atom is 0.338 e. The van der Waals surface area contributed by atoms with Gasteiger partial charge in [0, 0.05) is 43.8 Å². The minimum absolute atomic E-state index is 0.0123. The van der Waals surface area contributed by atoms with Crippen molar-refractivity contribution in [3.63, 3.8) is 0 Å². The summed E-state index contributed by atoms with van der Waals surface area (Å²) in [4.78, 5) is 12.2. The molecule has 0 aliphatic rings. The van der Waals surface area contributed by atoms with Crippen LogP contribution in [0.3, 0.4) is 0 Å². The summed E-state index contributed by atoms with van der Waals surface area (Å²) in [6.07, 6.45) is 1.78. The minimum Gasteiger partial charge on any atom is -0.488 e. The van der Waals surface area contributed by atoms with Gasteiger partial charge in [-0.3, -0.25) is 0 Å². The molecule has 5 nitrogen and oxygen atoms in total. The van der Waals surface area contributed by atoms with E-state index in [1.54, 1.807) is 48.7 Å². The Hall–Kier alpha value is -3.06. The molecule has 0 radical (unpaired) electrons. The Morgan fingerprint density at radius 3 is 2.52 bits per heavy atom. The molecule has 33 heavy (non-hydrogen) atoms. The predicted octanol–water partition coefficient (Wildman–Crippen LogP) is 5.99. The normalized spacial score (nSPS) is 11.1. The third-order valence-electron chi connectivity index (χ3n) is 5.32. The van der Waals surface area contributed by atoms with Gasteiger partial charge in [-0.15, -0.1) is 0 Å². The van der Waals surface area contributed by atoms with Gasteiger partial charge in [0.25, 0.3) is 0 Å². The van der Waals surface area contributed by atoms with Gasteiger partial charge in [-0.25, -0.2) is 9.18 Å². The average molecular weight is 488 g/mol. The summed E-state index contributed by atoms with van der Waals surface area (Å²) >= 11 is 12.1. The fourth-order valence-electron chi connectivity index (χ4n) is 3.76. The van der Waals surface area contributed by atoms with E-state index in [4.69, 9.17) is 32.7 Å². The van der Waals surface area contributed by atoms with Gasteiger partial charge >= 0.3 is 5.97 Å². The first-order valence-electron chi connectivity index (χ1n) is 10.1. The third-order valence-corrected chi connectivity index (χ3v) is 5.79. The van der Waals surface area contributed by atoms with Gasteiger partial charge in [-0.2, -0.15) is 0 Å². The van der Waals surface area contributed by atoms with E-state index in [0.29, 0.717) is 44.4 Å². The number of esters is 1. The van der Waals surface area contributed by atoms with Crippen molar-refractivity contribution < 1.29 is 23.8 Å². The van der Waals surface area contributed by atoms with Crippen LogP contribution in [-0.2, 0) is 24.5 Å². The number of aromatic nitrogens is 1. The van der Waals surface area contributed by atoms with Gasteiger partial charge in [0.1, 0.15) is 18.2 Å². The molecule has 4 rings (SSSR count). The quantitative estimate of drug-likeness (QED) is 0.325. The van der Waals surface area contributed by atoms with Crippen molar-refractivity contribution in [1.29, 1.82) is 0 Å². The lowest BCUT2D eigenvalue weighted by Crippen LogP contribution is -2.05. The van der Waals surface area contributed by atoms with Crippen LogP contribution >= 0.6 is 23.2 Å². The van der Waals surface area contributed by atoms with E-state index in [2.05, 4.69) is 0 Å². The van der Waals surface area contributed by atoms with Crippen LogP contribution in [0, 0.1) is 5.82 Å². The molecule has 1 N–H and O–H groups in total. The first-order chi connectivity index (χ1) is 15.9. The van der Waals surface area contributed by atoms with E-state index in [9.17, 15) is 14.3 Å². The number of hydrogen-bond acceptors (Lipinski definition) is 4. The number of nitrogens with zero attached hydrogens (tertiary/aromatic N) is 1. The molecule has 8 heteroatoms. The summed E-state index contributed by atoms with van der Waals surface area (Å²) in [5.74, 6) is -0.396. The van der Waals surface area contributed by atoms with Crippen molar-refractivity contribution in [2.45, 2.75) is 19.8 Å². The minimum atomic E-state index is -0.482. The molecule has 1 aromatic heterocycles. The number of rotatable bonds is 7. The summed E-state index contributed by atoms with van der Waals surface area (Å²) in [5, 5.41) is 11.3. The zero-order chi connectivity index (χ0) is 23.5. The molecule has 0 aliphatic carbocycles. The fraction of sp³-hybridized carbons (Fsp3) is 0.160. The van der Waals surface area contributed by atoms with Gasteiger partial charge in [0.2, 0.25) is 0 Å². The second kappa shape index (κ2) is 9.83. The molecule has 0 aliphatic heterocycles. The summed E-state index contributed by atoms with van der Waals surface area (Å²) in [6.45, 7) is 0.116. The van der Waals surface area contributed by atoms with Crippen LogP contribution in [0.5, 0.6) is 5.75 Å². The molecule has 0 atom stereocenters. The van der Waals surface area contributed by atoms with Crippen molar-refractivity contribution in [1.82, 2.24) is 4.57 Å². The second-order valence-corrected chi connectivity index (χ2v) is 8.28. The largest absolute Gasteiger partial charge is 0.488 e. The molecular weight excluding hydrogens is 468 g/mol. The number of carbonyl (C=O) groups is 1. The topological polar surface area (TPSA) is 60.7 Å². The summed E-state index contributed by atoms with van der Waals surface area (Å²) in [7, 11) is 1.32. The predicted molar refractivity (Wildman–Crippen MR) is 125 cm³/mol. The molecule has 0 amide bonds. The van der Waals surface area contributed by atoms with Gasteiger partial charge in [0.05, 0.1) is 25.8 Å². The zero-order valence-corrected chi connectivity index (χ0v) is 19.2. The first-order valence-corrected chi connectivity index (χ1v) is 10.8. The number of benzene rings is 3. The number of methoxy groups -OCH3 is 1. The van der Waals surface area contributed by atoms with Gasteiger partial charge in [0.15, 0.2) is 0 Å². The number of ether oxygens (including phenoxy) is 2. The highest BCUT2D eigenvalue weighted by Gasteiger charge is 2.18. The number of halogens is 3. The van der Waals surface area contributed by atoms with E-state index < -0.39 is 11.8 Å². The van der Waals surface area contributed by atoms with Gasteiger partial charge < -0.3 is 19.1 Å². The average Bonchev–Trinajstić information content (AvgIpc) is 3.16. The highest BCUT2D eigenvalue weighted by molar-refractivity contribution is 6.30. The molecular formula is C25H20Cl2FNO4. The van der Waals surface area contributed by atoms with Crippen molar-refractivity contribution >= 4 is 40.1 Å². The lowest BCUT2D eigenvalue weighted by Gasteiger charge is -2.14. The van der Waals surface area contributed by atoms with Gasteiger partial charge in [-0.05, 0) is 42.5 Å². The first kappa shape index (κ1) is 23.1. The standard InChI is InChI=1S/C25H20Cl2FNO4/c1-32-25(31)20-3-2-4-22-24(20)17(13-30)12-29(22)11-16-9-18(26)7-8-23(16)33-14-15-5-6-19(27)10-21(15)28/h2-10,12,30H,11,13-14H2,1H3. The molecule has 4 aromatic rings. The van der Waals surface area contributed by atoms with Crippen molar-refractivity contribution in [3.05, 3.63) is 98.9 Å². The number of hydrogen-bond donors (Lipinski definition) is 1. The Labute approximate surface area is 199 Å². The number of fused-ring (bicyclic) bond motifs is 1. The second-order valence-electron chi connectivity index (χ2n) is 7.41. The Morgan fingerprint density at radius 2 is 1.79 bits per heavy atom. The van der Waals surface area contributed by atoms with Gasteiger partial charge in [-0.1, -0.05) is 35.3 Å². The monoisotopic (exact) mass is 487 g/mol. The molecule has 170 valence electrons. The Morgan fingerprint density at radius 1 is 1.03 bits per heavy atom. The number of aliphatic hydroxyl groups is 1. The fourth-order valence-corrected chi connectivity index (χ4v) is 4.11. The van der Waals surface area contributed by atoms with E-state index in [0.717, 1.165) is 11.1 Å². The summed E-state index contributed by atoms with van der Waals surface area (Å²) in [5.41, 5.74) is 2.84. The van der Waals surface area contributed by atoms with E-state index in [1.165, 1.54) is 13.2 Å². The van der Waals surface area contributed by atoms with Crippen molar-refractivity contribution in [2.75, 3.05) is 7.11 Å². The van der Waals surface area contributed by atoms with Crippen molar-refractivity contribution in [2.24, 2.45) is 0 Å².